The Morgan fingerprint density at radius 1 is 0.800 bits per heavy atom. The molecule has 0 aliphatic carbocycles. The molecule has 0 aromatic heterocycles. The molecule has 0 fully saturated rings. The van der Waals surface area contributed by atoms with E-state index in [0.717, 1.165) is 10.5 Å². The zero-order chi connectivity index (χ0) is 28.5. The second-order valence-corrected chi connectivity index (χ2v) is 10.6. The monoisotopic (exact) mass is 589 g/mol. The van der Waals surface area contributed by atoms with Gasteiger partial charge in [-0.25, -0.2) is 0 Å². The first-order valence-corrected chi connectivity index (χ1v) is 13.9. The van der Waals surface area contributed by atoms with Crippen molar-refractivity contribution in [2.45, 2.75) is 11.8 Å². The maximum Gasteiger partial charge on any atom is 0.272 e. The fourth-order valence-corrected chi connectivity index (χ4v) is 4.65. The lowest BCUT2D eigenvalue weighted by atomic mass is 10.1. The summed E-state index contributed by atoms with van der Waals surface area (Å²) in [4.78, 5) is 39.4. The summed E-state index contributed by atoms with van der Waals surface area (Å²) in [5, 5.41) is 9.52. The van der Waals surface area contributed by atoms with Crippen LogP contribution in [-0.2, 0) is 9.59 Å². The fourth-order valence-electron chi connectivity index (χ4n) is 3.59. The third kappa shape index (κ3) is 8.48. The van der Waals surface area contributed by atoms with Gasteiger partial charge in [0.2, 0.25) is 5.91 Å². The van der Waals surface area contributed by atoms with Crippen molar-refractivity contribution in [2.24, 2.45) is 0 Å². The first kappa shape index (κ1) is 29.0. The number of amides is 3. The molecule has 0 spiro atoms. The second kappa shape index (κ2) is 13.8. The largest absolute Gasteiger partial charge is 0.325 e. The van der Waals surface area contributed by atoms with Gasteiger partial charge in [0.15, 0.2) is 0 Å². The minimum atomic E-state index is -0.504. The number of aryl methyl sites for hydroxylation is 1. The topological polar surface area (TPSA) is 87.3 Å². The van der Waals surface area contributed by atoms with Crippen molar-refractivity contribution in [1.82, 2.24) is 5.32 Å². The molecule has 4 aromatic rings. The molecule has 6 nitrogen and oxygen atoms in total. The molecule has 9 heteroatoms. The molecule has 3 amide bonds. The van der Waals surface area contributed by atoms with Crippen molar-refractivity contribution < 1.29 is 14.4 Å². The Labute approximate surface area is 246 Å². The summed E-state index contributed by atoms with van der Waals surface area (Å²) < 4.78 is 0. The van der Waals surface area contributed by atoms with Gasteiger partial charge in [-0.15, -0.1) is 11.8 Å². The van der Waals surface area contributed by atoms with Crippen molar-refractivity contribution >= 4 is 70.1 Å². The van der Waals surface area contributed by atoms with Crippen LogP contribution in [0.5, 0.6) is 0 Å². The standard InChI is InChI=1S/C31H25Cl2N3O3S/c1-20-10-13-24(33)17-27(20)35-29(37)19-40-26-9-5-8-25(18-26)34-31(39)28(16-21-11-14-23(32)15-12-21)36-30(38)22-6-3-2-4-7-22/h2-18H,19H2,1H3,(H,34,39)(H,35,37)(H,36,38)/b28-16+. The highest BCUT2D eigenvalue weighted by atomic mass is 35.5. The van der Waals surface area contributed by atoms with Gasteiger partial charge in [-0.1, -0.05) is 65.7 Å². The Morgan fingerprint density at radius 3 is 2.27 bits per heavy atom. The third-order valence-corrected chi connectivity index (χ3v) is 7.13. The van der Waals surface area contributed by atoms with E-state index in [1.54, 1.807) is 91.0 Å². The predicted octanol–water partition coefficient (Wildman–Crippen LogP) is 7.44. The number of rotatable bonds is 9. The maximum absolute atomic E-state index is 13.3. The Kier molecular flexibility index (Phi) is 10.0. The summed E-state index contributed by atoms with van der Waals surface area (Å²) in [6, 6.07) is 28.0. The minimum Gasteiger partial charge on any atom is -0.325 e. The molecule has 0 atom stereocenters. The number of halogens is 2. The molecule has 0 saturated carbocycles. The van der Waals surface area contributed by atoms with E-state index in [9.17, 15) is 14.4 Å². The van der Waals surface area contributed by atoms with E-state index in [-0.39, 0.29) is 17.4 Å². The Bertz CT molecular complexity index is 1560. The van der Waals surface area contributed by atoms with E-state index in [1.165, 1.54) is 11.8 Å². The van der Waals surface area contributed by atoms with Crippen LogP contribution >= 0.6 is 35.0 Å². The molecule has 0 bridgehead atoms. The van der Waals surface area contributed by atoms with E-state index in [1.807, 2.05) is 19.1 Å². The molecule has 0 aliphatic rings. The normalized spacial score (nSPS) is 11.0. The highest BCUT2D eigenvalue weighted by Crippen LogP contribution is 2.24. The molecule has 202 valence electrons. The molecule has 0 unspecified atom stereocenters. The number of thioether (sulfide) groups is 1. The van der Waals surface area contributed by atoms with Crippen LogP contribution in [0.25, 0.3) is 6.08 Å². The number of carbonyl (C=O) groups is 3. The van der Waals surface area contributed by atoms with Crippen LogP contribution in [-0.4, -0.2) is 23.5 Å². The van der Waals surface area contributed by atoms with E-state index in [2.05, 4.69) is 16.0 Å². The predicted molar refractivity (Wildman–Crippen MR) is 164 cm³/mol. The Morgan fingerprint density at radius 2 is 1.52 bits per heavy atom. The smallest absolute Gasteiger partial charge is 0.272 e. The van der Waals surface area contributed by atoms with Gasteiger partial charge in [0.25, 0.3) is 11.8 Å². The molecule has 4 rings (SSSR count). The number of anilines is 2. The lowest BCUT2D eigenvalue weighted by Crippen LogP contribution is -2.30. The van der Waals surface area contributed by atoms with Crippen molar-refractivity contribution in [3.8, 4) is 0 Å². The molecule has 40 heavy (non-hydrogen) atoms. The average molecular weight is 591 g/mol. The lowest BCUT2D eigenvalue weighted by molar-refractivity contribution is -0.114. The van der Waals surface area contributed by atoms with Crippen molar-refractivity contribution in [3.63, 3.8) is 0 Å². The summed E-state index contributed by atoms with van der Waals surface area (Å²) in [6.45, 7) is 1.89. The maximum atomic E-state index is 13.3. The molecule has 3 N–H and O–H groups in total. The number of nitrogens with one attached hydrogen (secondary N) is 3. The van der Waals surface area contributed by atoms with E-state index >= 15 is 0 Å². The molecular formula is C31H25Cl2N3O3S. The zero-order valence-corrected chi connectivity index (χ0v) is 23.7. The van der Waals surface area contributed by atoms with Crippen LogP contribution in [0.4, 0.5) is 11.4 Å². The van der Waals surface area contributed by atoms with Gasteiger partial charge in [-0.2, -0.15) is 0 Å². The van der Waals surface area contributed by atoms with Crippen LogP contribution in [0, 0.1) is 6.92 Å². The first-order chi connectivity index (χ1) is 19.3. The summed E-state index contributed by atoms with van der Waals surface area (Å²) in [5.74, 6) is -0.934. The van der Waals surface area contributed by atoms with Crippen LogP contribution in [0.2, 0.25) is 10.0 Å². The molecular weight excluding hydrogens is 565 g/mol. The molecule has 0 saturated heterocycles. The first-order valence-electron chi connectivity index (χ1n) is 12.2. The van der Waals surface area contributed by atoms with Gasteiger partial charge in [0.1, 0.15) is 5.70 Å². The lowest BCUT2D eigenvalue weighted by Gasteiger charge is -2.12. The van der Waals surface area contributed by atoms with Gasteiger partial charge < -0.3 is 16.0 Å². The molecule has 4 aromatic carbocycles. The van der Waals surface area contributed by atoms with E-state index in [0.29, 0.717) is 32.5 Å². The number of carbonyl (C=O) groups excluding carboxylic acids is 3. The van der Waals surface area contributed by atoms with Gasteiger partial charge in [0, 0.05) is 31.9 Å². The summed E-state index contributed by atoms with van der Waals surface area (Å²) in [7, 11) is 0. The van der Waals surface area contributed by atoms with Crippen LogP contribution in [0.1, 0.15) is 21.5 Å². The van der Waals surface area contributed by atoms with Gasteiger partial charge in [-0.3, -0.25) is 14.4 Å². The summed E-state index contributed by atoms with van der Waals surface area (Å²) >= 11 is 13.4. The van der Waals surface area contributed by atoms with E-state index in [4.69, 9.17) is 23.2 Å². The number of benzene rings is 4. The summed E-state index contributed by atoms with van der Waals surface area (Å²) in [6.07, 6.45) is 1.58. The summed E-state index contributed by atoms with van der Waals surface area (Å²) in [5.41, 5.74) is 3.25. The van der Waals surface area contributed by atoms with Crippen molar-refractivity contribution in [1.29, 1.82) is 0 Å². The van der Waals surface area contributed by atoms with Gasteiger partial charge in [-0.05, 0) is 78.7 Å². The Balaban J connectivity index is 1.45. The SMILES string of the molecule is Cc1ccc(Cl)cc1NC(=O)CSc1cccc(NC(=O)/C(=C\c2ccc(Cl)cc2)NC(=O)c2ccccc2)c1. The molecule has 0 aliphatic heterocycles. The number of hydrogen-bond donors (Lipinski definition) is 3. The van der Waals surface area contributed by atoms with E-state index < -0.39 is 11.8 Å². The van der Waals surface area contributed by atoms with Crippen LogP contribution in [0.3, 0.4) is 0 Å². The van der Waals surface area contributed by atoms with Crippen molar-refractivity contribution in [2.75, 3.05) is 16.4 Å². The number of hydrogen-bond acceptors (Lipinski definition) is 4. The highest BCUT2D eigenvalue weighted by Gasteiger charge is 2.15. The quantitative estimate of drug-likeness (QED) is 0.140. The molecule has 0 radical (unpaired) electrons. The average Bonchev–Trinajstić information content (AvgIpc) is 2.95. The minimum absolute atomic E-state index is 0.0606. The van der Waals surface area contributed by atoms with Crippen molar-refractivity contribution in [3.05, 3.63) is 129 Å². The van der Waals surface area contributed by atoms with Gasteiger partial charge >= 0.3 is 0 Å². The third-order valence-electron chi connectivity index (χ3n) is 5.65. The Hall–Kier alpha value is -4.04. The molecule has 0 heterocycles. The van der Waals surface area contributed by atoms with Gasteiger partial charge in [0.05, 0.1) is 5.75 Å². The second-order valence-electron chi connectivity index (χ2n) is 8.71. The highest BCUT2D eigenvalue weighted by molar-refractivity contribution is 8.00. The fraction of sp³-hybridized carbons (Fsp3) is 0.0645. The van der Waals surface area contributed by atoms with Crippen LogP contribution < -0.4 is 16.0 Å². The zero-order valence-electron chi connectivity index (χ0n) is 21.4. The van der Waals surface area contributed by atoms with Crippen LogP contribution in [0.15, 0.2) is 108 Å².